The summed E-state index contributed by atoms with van der Waals surface area (Å²) in [5, 5.41) is 7.39. The van der Waals surface area contributed by atoms with Crippen LogP contribution in [0, 0.1) is 0 Å². The number of hydrogen-bond donors (Lipinski definition) is 2. The summed E-state index contributed by atoms with van der Waals surface area (Å²) in [7, 11) is 0. The van der Waals surface area contributed by atoms with E-state index in [9.17, 15) is 0 Å². The van der Waals surface area contributed by atoms with Gasteiger partial charge in [0.25, 0.3) is 6.01 Å². The van der Waals surface area contributed by atoms with Crippen LogP contribution in [0.4, 0.5) is 11.7 Å². The predicted octanol–water partition coefficient (Wildman–Crippen LogP) is 3.64. The number of para-hydroxylation sites is 1. The average Bonchev–Trinajstić information content (AvgIpc) is 2.97. The lowest BCUT2D eigenvalue weighted by atomic mass is 10.2. The molecule has 0 aliphatic heterocycles. The minimum atomic E-state index is 0.158. The second kappa shape index (κ2) is 4.34. The molecule has 3 N–H and O–H groups in total. The zero-order chi connectivity index (χ0) is 12.5. The maximum Gasteiger partial charge on any atom is 0.296 e. The highest BCUT2D eigenvalue weighted by molar-refractivity contribution is 7.07. The highest BCUT2D eigenvalue weighted by Gasteiger charge is 2.11. The smallest absolute Gasteiger partial charge is 0.296 e. The van der Waals surface area contributed by atoms with E-state index in [0.29, 0.717) is 22.8 Å². The first-order valence-electron chi connectivity index (χ1n) is 5.67. The number of fused-ring (bicyclic) bond motifs is 1. The van der Waals surface area contributed by atoms with E-state index in [4.69, 9.17) is 10.2 Å². The van der Waals surface area contributed by atoms with E-state index in [2.05, 4.69) is 34.1 Å². The summed E-state index contributed by atoms with van der Waals surface area (Å²) >= 11 is 1.67. The molecule has 18 heavy (non-hydrogen) atoms. The Morgan fingerprint density at radius 1 is 1.39 bits per heavy atom. The molecule has 1 aromatic carbocycles. The van der Waals surface area contributed by atoms with Crippen molar-refractivity contribution < 1.29 is 4.42 Å². The molecule has 0 aliphatic carbocycles. The van der Waals surface area contributed by atoms with Crippen LogP contribution < -0.4 is 11.1 Å². The van der Waals surface area contributed by atoms with E-state index in [0.717, 1.165) is 0 Å². The summed E-state index contributed by atoms with van der Waals surface area (Å²) in [4.78, 5) is 4.36. The molecule has 0 saturated carbocycles. The molecule has 0 spiro atoms. The lowest BCUT2D eigenvalue weighted by Gasteiger charge is -2.09. The summed E-state index contributed by atoms with van der Waals surface area (Å²) < 4.78 is 5.62. The van der Waals surface area contributed by atoms with Crippen LogP contribution in [0.3, 0.4) is 0 Å². The third-order valence-corrected chi connectivity index (χ3v) is 3.53. The topological polar surface area (TPSA) is 64.1 Å². The van der Waals surface area contributed by atoms with Crippen LogP contribution in [0.5, 0.6) is 0 Å². The van der Waals surface area contributed by atoms with Crippen molar-refractivity contribution in [2.45, 2.75) is 13.0 Å². The molecule has 4 nitrogen and oxygen atoms in total. The fourth-order valence-corrected chi connectivity index (χ4v) is 2.58. The molecule has 0 radical (unpaired) electrons. The Hall–Kier alpha value is -2.01. The first-order chi connectivity index (χ1) is 8.74. The molecule has 5 heteroatoms. The van der Waals surface area contributed by atoms with Gasteiger partial charge < -0.3 is 15.5 Å². The lowest BCUT2D eigenvalue weighted by molar-refractivity contribution is 0.604. The Morgan fingerprint density at radius 3 is 3.00 bits per heavy atom. The lowest BCUT2D eigenvalue weighted by Crippen LogP contribution is -2.05. The highest BCUT2D eigenvalue weighted by atomic mass is 32.1. The number of aromatic nitrogens is 1. The highest BCUT2D eigenvalue weighted by Crippen LogP contribution is 2.26. The molecule has 0 aliphatic rings. The largest absolute Gasteiger partial charge is 0.423 e. The summed E-state index contributed by atoms with van der Waals surface area (Å²) in [6, 6.07) is 8.27. The van der Waals surface area contributed by atoms with Crippen molar-refractivity contribution in [3.8, 4) is 0 Å². The van der Waals surface area contributed by atoms with E-state index in [1.165, 1.54) is 5.56 Å². The minimum absolute atomic E-state index is 0.158. The molecule has 0 fully saturated rings. The number of nitrogens with two attached hydrogens (primary N) is 1. The van der Waals surface area contributed by atoms with Crippen LogP contribution >= 0.6 is 11.3 Å². The Bertz CT molecular complexity index is 660. The van der Waals surface area contributed by atoms with Gasteiger partial charge in [-0.25, -0.2) is 0 Å². The van der Waals surface area contributed by atoms with Crippen molar-refractivity contribution in [3.63, 3.8) is 0 Å². The van der Waals surface area contributed by atoms with E-state index in [1.54, 1.807) is 11.3 Å². The summed E-state index contributed by atoms with van der Waals surface area (Å²) in [6.07, 6.45) is 0. The van der Waals surface area contributed by atoms with E-state index in [1.807, 2.05) is 18.2 Å². The van der Waals surface area contributed by atoms with Crippen LogP contribution in [0.2, 0.25) is 0 Å². The van der Waals surface area contributed by atoms with Crippen LogP contribution in [0.1, 0.15) is 18.5 Å². The average molecular weight is 259 g/mol. The first kappa shape index (κ1) is 11.1. The molecule has 2 heterocycles. The number of thiophene rings is 1. The number of anilines is 2. The molecule has 92 valence electrons. The molecular formula is C13H13N3OS. The number of nitrogens with one attached hydrogen (secondary N) is 1. The maximum atomic E-state index is 5.85. The van der Waals surface area contributed by atoms with Crippen molar-refractivity contribution in [2.24, 2.45) is 0 Å². The second-order valence-electron chi connectivity index (χ2n) is 4.14. The number of nitrogen functional groups attached to an aromatic ring is 1. The number of hydrogen-bond acceptors (Lipinski definition) is 5. The third-order valence-electron chi connectivity index (χ3n) is 2.83. The number of nitrogens with zero attached hydrogens (tertiary/aromatic N) is 1. The fourth-order valence-electron chi connectivity index (χ4n) is 1.82. The zero-order valence-electron chi connectivity index (χ0n) is 9.88. The van der Waals surface area contributed by atoms with Gasteiger partial charge in [0.05, 0.1) is 11.7 Å². The van der Waals surface area contributed by atoms with Gasteiger partial charge in [0.15, 0.2) is 5.58 Å². The molecule has 3 rings (SSSR count). The van der Waals surface area contributed by atoms with Gasteiger partial charge in [-0.05, 0) is 41.4 Å². The normalized spacial score (nSPS) is 12.7. The fraction of sp³-hybridized carbons (Fsp3) is 0.154. The van der Waals surface area contributed by atoms with Gasteiger partial charge in [0.2, 0.25) is 0 Å². The summed E-state index contributed by atoms with van der Waals surface area (Å²) in [5.74, 6) is 0. The van der Waals surface area contributed by atoms with E-state index >= 15 is 0 Å². The molecule has 0 saturated heterocycles. The molecule has 3 aromatic rings. The van der Waals surface area contributed by atoms with Crippen molar-refractivity contribution in [3.05, 3.63) is 40.6 Å². The standard InChI is InChI=1S/C13H13N3OS/c1-8(9-5-6-18-7-9)15-13-16-12-10(14)3-2-4-11(12)17-13/h2-8H,14H2,1H3,(H,15,16). The Morgan fingerprint density at radius 2 is 2.28 bits per heavy atom. The molecular weight excluding hydrogens is 246 g/mol. The van der Waals surface area contributed by atoms with Crippen LogP contribution in [0.25, 0.3) is 11.1 Å². The van der Waals surface area contributed by atoms with Crippen molar-refractivity contribution in [1.82, 2.24) is 4.98 Å². The van der Waals surface area contributed by atoms with Crippen molar-refractivity contribution >= 4 is 34.1 Å². The zero-order valence-corrected chi connectivity index (χ0v) is 10.7. The molecule has 1 atom stereocenters. The van der Waals surface area contributed by atoms with Gasteiger partial charge >= 0.3 is 0 Å². The summed E-state index contributed by atoms with van der Waals surface area (Å²) in [6.45, 7) is 2.07. The molecule has 1 unspecified atom stereocenters. The van der Waals surface area contributed by atoms with Gasteiger partial charge in [0.1, 0.15) is 5.52 Å². The molecule has 0 amide bonds. The van der Waals surface area contributed by atoms with Crippen LogP contribution in [-0.4, -0.2) is 4.98 Å². The van der Waals surface area contributed by atoms with E-state index < -0.39 is 0 Å². The van der Waals surface area contributed by atoms with Gasteiger partial charge in [-0.3, -0.25) is 0 Å². The van der Waals surface area contributed by atoms with Crippen LogP contribution in [-0.2, 0) is 0 Å². The van der Waals surface area contributed by atoms with E-state index in [-0.39, 0.29) is 6.04 Å². The quantitative estimate of drug-likeness (QED) is 0.705. The monoisotopic (exact) mass is 259 g/mol. The van der Waals surface area contributed by atoms with Gasteiger partial charge in [-0.2, -0.15) is 16.3 Å². The van der Waals surface area contributed by atoms with Gasteiger partial charge in [-0.15, -0.1) is 0 Å². The van der Waals surface area contributed by atoms with Crippen molar-refractivity contribution in [2.75, 3.05) is 11.1 Å². The third kappa shape index (κ3) is 1.93. The molecule has 0 bridgehead atoms. The van der Waals surface area contributed by atoms with Gasteiger partial charge in [0, 0.05) is 0 Å². The van der Waals surface area contributed by atoms with Crippen LogP contribution in [0.15, 0.2) is 39.4 Å². The first-order valence-corrected chi connectivity index (χ1v) is 6.62. The predicted molar refractivity (Wildman–Crippen MR) is 74.8 cm³/mol. The Kier molecular flexibility index (Phi) is 2.68. The Balaban J connectivity index is 1.89. The number of benzene rings is 1. The summed E-state index contributed by atoms with van der Waals surface area (Å²) in [5.41, 5.74) is 9.11. The second-order valence-corrected chi connectivity index (χ2v) is 4.92. The molecule has 2 aromatic heterocycles. The SMILES string of the molecule is CC(Nc1nc2c(N)cccc2o1)c1ccsc1. The van der Waals surface area contributed by atoms with Crippen molar-refractivity contribution in [1.29, 1.82) is 0 Å². The number of oxazole rings is 1. The minimum Gasteiger partial charge on any atom is -0.423 e. The van der Waals surface area contributed by atoms with Gasteiger partial charge in [-0.1, -0.05) is 6.07 Å². The number of rotatable bonds is 3. The maximum absolute atomic E-state index is 5.85. The Labute approximate surface area is 108 Å².